The maximum atomic E-state index is 13.4. The van der Waals surface area contributed by atoms with Gasteiger partial charge in [-0.15, -0.1) is 0 Å². The van der Waals surface area contributed by atoms with Gasteiger partial charge in [-0.05, 0) is 37.1 Å². The molecular weight excluding hydrogens is 436 g/mol. The molecule has 0 aromatic heterocycles. The second kappa shape index (κ2) is 11.1. The smallest absolute Gasteiger partial charge is 0.328 e. The highest BCUT2D eigenvalue weighted by atomic mass is 16.4. The highest BCUT2D eigenvalue weighted by Crippen LogP contribution is 2.49. The molecule has 34 heavy (non-hydrogen) atoms. The van der Waals surface area contributed by atoms with Crippen LogP contribution in [0.3, 0.4) is 0 Å². The summed E-state index contributed by atoms with van der Waals surface area (Å²) in [6.45, 7) is 0. The maximum Gasteiger partial charge on any atom is 0.328 e. The first kappa shape index (κ1) is 24.4. The van der Waals surface area contributed by atoms with Crippen molar-refractivity contribution in [3.63, 3.8) is 0 Å². The van der Waals surface area contributed by atoms with Crippen molar-refractivity contribution in [2.24, 2.45) is 5.41 Å². The summed E-state index contributed by atoms with van der Waals surface area (Å²) < 4.78 is 0. The van der Waals surface area contributed by atoms with E-state index in [0.29, 0.717) is 24.2 Å². The van der Waals surface area contributed by atoms with E-state index < -0.39 is 29.2 Å². The quantitative estimate of drug-likeness (QED) is 0.434. The van der Waals surface area contributed by atoms with Gasteiger partial charge in [0.25, 0.3) is 11.8 Å². The Kier molecular flexibility index (Phi) is 7.97. The molecule has 0 saturated heterocycles. The molecule has 1 fully saturated rings. The number of anilines is 2. The molecule has 1 saturated carbocycles. The van der Waals surface area contributed by atoms with Crippen LogP contribution in [0.2, 0.25) is 0 Å². The zero-order chi connectivity index (χ0) is 24.6. The zero-order valence-electron chi connectivity index (χ0n) is 18.5. The number of carboxylic acid groups (broad SMARTS) is 2. The molecule has 0 spiro atoms. The highest BCUT2D eigenvalue weighted by Gasteiger charge is 2.45. The predicted molar refractivity (Wildman–Crippen MR) is 127 cm³/mol. The van der Waals surface area contributed by atoms with Gasteiger partial charge in [-0.1, -0.05) is 55.7 Å². The number of hydrogen-bond acceptors (Lipinski definition) is 4. The second-order valence-corrected chi connectivity index (χ2v) is 8.08. The lowest BCUT2D eigenvalue weighted by Gasteiger charge is -2.40. The number of carbonyl (C=O) groups is 4. The molecule has 8 nitrogen and oxygen atoms in total. The van der Waals surface area contributed by atoms with Gasteiger partial charge in [0.2, 0.25) is 0 Å². The van der Waals surface area contributed by atoms with Crippen LogP contribution in [0.5, 0.6) is 0 Å². The topological polar surface area (TPSA) is 133 Å². The molecular formula is C26H26N2O6. The van der Waals surface area contributed by atoms with Gasteiger partial charge < -0.3 is 20.8 Å². The summed E-state index contributed by atoms with van der Waals surface area (Å²) in [6, 6.07) is 17.0. The number of para-hydroxylation sites is 2. The Morgan fingerprint density at radius 3 is 1.38 bits per heavy atom. The van der Waals surface area contributed by atoms with E-state index >= 15 is 0 Å². The molecule has 0 unspecified atom stereocenters. The Balaban J connectivity index is 2.10. The van der Waals surface area contributed by atoms with Gasteiger partial charge in [0.1, 0.15) is 0 Å². The van der Waals surface area contributed by atoms with Crippen LogP contribution in [0.25, 0.3) is 0 Å². The van der Waals surface area contributed by atoms with Crippen molar-refractivity contribution in [3.8, 4) is 0 Å². The van der Waals surface area contributed by atoms with Crippen molar-refractivity contribution in [2.45, 2.75) is 32.1 Å². The van der Waals surface area contributed by atoms with Crippen molar-refractivity contribution in [2.75, 3.05) is 10.6 Å². The van der Waals surface area contributed by atoms with E-state index in [0.717, 1.165) is 18.6 Å². The predicted octanol–water partition coefficient (Wildman–Crippen LogP) is 4.24. The fourth-order valence-electron chi connectivity index (χ4n) is 4.37. The first-order chi connectivity index (χ1) is 16.3. The lowest BCUT2D eigenvalue weighted by atomic mass is 9.63. The first-order valence-electron chi connectivity index (χ1n) is 10.9. The molecule has 176 valence electrons. The number of carboxylic acids is 2. The van der Waals surface area contributed by atoms with Gasteiger partial charge in [-0.25, -0.2) is 9.59 Å². The molecule has 1 aliphatic rings. The largest absolute Gasteiger partial charge is 0.478 e. The van der Waals surface area contributed by atoms with Crippen LogP contribution >= 0.6 is 0 Å². The Morgan fingerprint density at radius 2 is 1.03 bits per heavy atom. The van der Waals surface area contributed by atoms with Crippen molar-refractivity contribution in [3.05, 3.63) is 84.0 Å². The van der Waals surface area contributed by atoms with E-state index in [1.165, 1.54) is 0 Å². The Morgan fingerprint density at radius 1 is 0.647 bits per heavy atom. The molecule has 4 N–H and O–H groups in total. The maximum absolute atomic E-state index is 13.4. The van der Waals surface area contributed by atoms with E-state index in [4.69, 9.17) is 0 Å². The van der Waals surface area contributed by atoms with Crippen LogP contribution in [0.15, 0.2) is 84.0 Å². The summed E-state index contributed by atoms with van der Waals surface area (Å²) in [5.74, 6) is -4.11. The van der Waals surface area contributed by atoms with Crippen molar-refractivity contribution < 1.29 is 29.4 Å². The third-order valence-electron chi connectivity index (χ3n) is 5.83. The third-order valence-corrected chi connectivity index (χ3v) is 5.83. The standard InChI is InChI=1S/C26H26N2O6/c29-22(30)16-20(24(33)27-18-10-4-1-5-11-18)26(14-8-3-9-15-26)21(17-23(31)32)25(34)28-19-12-6-2-7-13-19/h1-2,4-7,10-13,16-17H,3,8-9,14-15H2,(H,27,33)(H,28,34)(H,29,30)(H,31,32)/b20-16+,21-17+. The normalized spacial score (nSPS) is 15.8. The fourth-order valence-corrected chi connectivity index (χ4v) is 4.37. The minimum absolute atomic E-state index is 0.153. The van der Waals surface area contributed by atoms with E-state index in [9.17, 15) is 29.4 Å². The van der Waals surface area contributed by atoms with Gasteiger partial charge in [0.15, 0.2) is 0 Å². The van der Waals surface area contributed by atoms with Gasteiger partial charge in [-0.2, -0.15) is 0 Å². The second-order valence-electron chi connectivity index (χ2n) is 8.08. The molecule has 0 heterocycles. The van der Waals surface area contributed by atoms with Crippen molar-refractivity contribution in [1.82, 2.24) is 0 Å². The van der Waals surface area contributed by atoms with E-state index in [-0.39, 0.29) is 24.0 Å². The molecule has 2 aromatic carbocycles. The van der Waals surface area contributed by atoms with Gasteiger partial charge in [-0.3, -0.25) is 9.59 Å². The molecule has 1 aliphatic carbocycles. The summed E-state index contributed by atoms with van der Waals surface area (Å²) in [5.41, 5.74) is -0.787. The summed E-state index contributed by atoms with van der Waals surface area (Å²) >= 11 is 0. The van der Waals surface area contributed by atoms with Crippen molar-refractivity contribution in [1.29, 1.82) is 0 Å². The number of hydrogen-bond donors (Lipinski definition) is 4. The van der Waals surface area contributed by atoms with Crippen LogP contribution in [-0.4, -0.2) is 34.0 Å². The van der Waals surface area contributed by atoms with Crippen LogP contribution in [0.4, 0.5) is 11.4 Å². The molecule has 3 rings (SSSR count). The first-order valence-corrected chi connectivity index (χ1v) is 10.9. The molecule has 2 amide bonds. The summed E-state index contributed by atoms with van der Waals surface area (Å²) in [6.07, 6.45) is 4.12. The average molecular weight is 463 g/mol. The number of benzene rings is 2. The molecule has 2 aromatic rings. The molecule has 0 bridgehead atoms. The monoisotopic (exact) mass is 462 g/mol. The molecule has 0 radical (unpaired) electrons. The van der Waals surface area contributed by atoms with Crippen LogP contribution in [0, 0.1) is 5.41 Å². The number of carbonyl (C=O) groups excluding carboxylic acids is 2. The Labute approximate surface area is 197 Å². The minimum atomic E-state index is -1.38. The van der Waals surface area contributed by atoms with E-state index in [1.54, 1.807) is 60.7 Å². The SMILES string of the molecule is O=C(O)/C=C(\C(=O)Nc1ccccc1)C1(/C(=C/C(=O)O)C(=O)Nc2ccccc2)CCCCC1. The molecule has 0 atom stereocenters. The lowest BCUT2D eigenvalue weighted by Crippen LogP contribution is -2.40. The number of amides is 2. The zero-order valence-corrected chi connectivity index (χ0v) is 18.5. The van der Waals surface area contributed by atoms with Crippen molar-refractivity contribution >= 4 is 35.1 Å². The highest BCUT2D eigenvalue weighted by molar-refractivity contribution is 6.13. The van der Waals surface area contributed by atoms with Gasteiger partial charge in [0, 0.05) is 40.1 Å². The Bertz CT molecular complexity index is 1030. The van der Waals surface area contributed by atoms with Gasteiger partial charge in [0.05, 0.1) is 0 Å². The molecule has 8 heteroatoms. The number of nitrogens with one attached hydrogen (secondary N) is 2. The minimum Gasteiger partial charge on any atom is -0.478 e. The Hall–Kier alpha value is -4.20. The van der Waals surface area contributed by atoms with Crippen LogP contribution in [0.1, 0.15) is 32.1 Å². The fraction of sp³-hybridized carbons (Fsp3) is 0.231. The lowest BCUT2D eigenvalue weighted by molar-refractivity contribution is -0.132. The number of rotatable bonds is 8. The number of aliphatic carboxylic acids is 2. The van der Waals surface area contributed by atoms with Gasteiger partial charge >= 0.3 is 11.9 Å². The summed E-state index contributed by atoms with van der Waals surface area (Å²) in [5, 5.41) is 24.6. The molecule has 0 aliphatic heterocycles. The average Bonchev–Trinajstić information content (AvgIpc) is 2.82. The summed E-state index contributed by atoms with van der Waals surface area (Å²) in [4.78, 5) is 50.3. The van der Waals surface area contributed by atoms with Crippen LogP contribution in [-0.2, 0) is 19.2 Å². The third kappa shape index (κ3) is 5.98. The van der Waals surface area contributed by atoms with E-state index in [1.807, 2.05) is 0 Å². The van der Waals surface area contributed by atoms with Crippen LogP contribution < -0.4 is 10.6 Å². The van der Waals surface area contributed by atoms with E-state index in [2.05, 4.69) is 10.6 Å². The summed E-state index contributed by atoms with van der Waals surface area (Å²) in [7, 11) is 0.